The van der Waals surface area contributed by atoms with Crippen LogP contribution < -0.4 is 9.64 Å². The Labute approximate surface area is 151 Å². The average Bonchev–Trinajstić information content (AvgIpc) is 3.19. The number of carbonyl (C=O) groups excluding carboxylic acids is 2. The molecule has 1 saturated heterocycles. The summed E-state index contributed by atoms with van der Waals surface area (Å²) < 4.78 is 15.8. The number of para-hydroxylation sites is 1. The van der Waals surface area contributed by atoms with Gasteiger partial charge >= 0.3 is 5.97 Å². The minimum atomic E-state index is -0.500. The highest BCUT2D eigenvalue weighted by atomic mass is 16.5. The first kappa shape index (κ1) is 17.9. The van der Waals surface area contributed by atoms with Gasteiger partial charge in [-0.05, 0) is 18.2 Å². The van der Waals surface area contributed by atoms with Crippen LogP contribution in [-0.2, 0) is 9.47 Å². The molecule has 1 aromatic heterocycles. The molecule has 26 heavy (non-hydrogen) atoms. The smallest absolute Gasteiger partial charge is 0.339 e. The minimum Gasteiger partial charge on any atom is -0.472 e. The highest BCUT2D eigenvalue weighted by Crippen LogP contribution is 2.23. The number of nitrogens with zero attached hydrogens (tertiary/aromatic N) is 2. The number of esters is 1. The predicted molar refractivity (Wildman–Crippen MR) is 94.6 cm³/mol. The van der Waals surface area contributed by atoms with E-state index in [0.29, 0.717) is 35.9 Å². The quantitative estimate of drug-likeness (QED) is 0.765. The van der Waals surface area contributed by atoms with Gasteiger partial charge in [0, 0.05) is 31.3 Å². The van der Waals surface area contributed by atoms with Gasteiger partial charge in [0.1, 0.15) is 6.10 Å². The van der Waals surface area contributed by atoms with Gasteiger partial charge < -0.3 is 19.1 Å². The lowest BCUT2D eigenvalue weighted by Crippen LogP contribution is -2.28. The van der Waals surface area contributed by atoms with Gasteiger partial charge in [-0.25, -0.2) is 9.78 Å². The second-order valence-electron chi connectivity index (χ2n) is 5.86. The Hall–Kier alpha value is -2.93. The molecule has 1 aromatic carbocycles. The number of benzene rings is 1. The molecule has 7 heteroatoms. The van der Waals surface area contributed by atoms with Gasteiger partial charge in [-0.1, -0.05) is 12.1 Å². The van der Waals surface area contributed by atoms with E-state index in [1.54, 1.807) is 43.4 Å². The number of hydrogen-bond donors (Lipinski definition) is 0. The summed E-state index contributed by atoms with van der Waals surface area (Å²) in [4.78, 5) is 30.4. The SMILES string of the molecule is COC(=O)c1ccccc1N(C)C(=O)c1ccnc(OC2CCOC2)c1. The molecule has 0 radical (unpaired) electrons. The van der Waals surface area contributed by atoms with Gasteiger partial charge in [-0.2, -0.15) is 0 Å². The van der Waals surface area contributed by atoms with Crippen LogP contribution in [0.3, 0.4) is 0 Å². The Morgan fingerprint density at radius 3 is 2.81 bits per heavy atom. The van der Waals surface area contributed by atoms with Crippen LogP contribution in [0.5, 0.6) is 5.88 Å². The monoisotopic (exact) mass is 356 g/mol. The normalized spacial score (nSPS) is 16.2. The number of carbonyl (C=O) groups is 2. The fourth-order valence-corrected chi connectivity index (χ4v) is 2.74. The molecular formula is C19H20N2O5. The number of methoxy groups -OCH3 is 1. The maximum Gasteiger partial charge on any atom is 0.339 e. The Kier molecular flexibility index (Phi) is 5.48. The van der Waals surface area contributed by atoms with Crippen molar-refractivity contribution in [3.63, 3.8) is 0 Å². The van der Waals surface area contributed by atoms with Gasteiger partial charge in [0.2, 0.25) is 5.88 Å². The second kappa shape index (κ2) is 7.97. The van der Waals surface area contributed by atoms with Crippen molar-refractivity contribution in [1.29, 1.82) is 0 Å². The summed E-state index contributed by atoms with van der Waals surface area (Å²) in [6, 6.07) is 9.99. The summed E-state index contributed by atoms with van der Waals surface area (Å²) in [5.74, 6) is -0.405. The maximum absolute atomic E-state index is 12.9. The number of rotatable bonds is 5. The molecule has 0 spiro atoms. The van der Waals surface area contributed by atoms with E-state index in [9.17, 15) is 9.59 Å². The molecular weight excluding hydrogens is 336 g/mol. The first-order chi connectivity index (χ1) is 12.6. The molecule has 1 atom stereocenters. The summed E-state index contributed by atoms with van der Waals surface area (Å²) in [5.41, 5.74) is 1.20. The Morgan fingerprint density at radius 2 is 2.08 bits per heavy atom. The maximum atomic E-state index is 12.9. The molecule has 2 aromatic rings. The van der Waals surface area contributed by atoms with Gasteiger partial charge in [-0.15, -0.1) is 0 Å². The lowest BCUT2D eigenvalue weighted by Gasteiger charge is -2.20. The largest absolute Gasteiger partial charge is 0.472 e. The fourth-order valence-electron chi connectivity index (χ4n) is 2.74. The topological polar surface area (TPSA) is 78.0 Å². The van der Waals surface area contributed by atoms with Crippen molar-refractivity contribution in [3.8, 4) is 5.88 Å². The predicted octanol–water partition coefficient (Wildman–Crippen LogP) is 2.31. The summed E-state index contributed by atoms with van der Waals surface area (Å²) in [6.07, 6.45) is 2.27. The van der Waals surface area contributed by atoms with Crippen molar-refractivity contribution in [2.45, 2.75) is 12.5 Å². The first-order valence-electron chi connectivity index (χ1n) is 8.26. The summed E-state index contributed by atoms with van der Waals surface area (Å²) in [7, 11) is 2.91. The molecule has 136 valence electrons. The molecule has 0 N–H and O–H groups in total. The standard InChI is InChI=1S/C19H20N2O5/c1-21(16-6-4-3-5-15(16)19(23)24-2)18(22)13-7-9-20-17(11-13)26-14-8-10-25-12-14/h3-7,9,11,14H,8,10,12H2,1-2H3. The molecule has 1 fully saturated rings. The van der Waals surface area contributed by atoms with E-state index >= 15 is 0 Å². The molecule has 1 amide bonds. The van der Waals surface area contributed by atoms with Crippen LogP contribution in [0.4, 0.5) is 5.69 Å². The minimum absolute atomic E-state index is 0.0503. The molecule has 7 nitrogen and oxygen atoms in total. The highest BCUT2D eigenvalue weighted by Gasteiger charge is 2.22. The summed E-state index contributed by atoms with van der Waals surface area (Å²) in [5, 5.41) is 0. The van der Waals surface area contributed by atoms with E-state index in [0.717, 1.165) is 6.42 Å². The highest BCUT2D eigenvalue weighted by molar-refractivity contribution is 6.09. The van der Waals surface area contributed by atoms with Gasteiger partial charge in [-0.3, -0.25) is 4.79 Å². The van der Waals surface area contributed by atoms with Crippen molar-refractivity contribution in [3.05, 3.63) is 53.7 Å². The first-order valence-corrected chi connectivity index (χ1v) is 8.26. The van der Waals surface area contributed by atoms with Crippen LogP contribution in [-0.4, -0.2) is 50.3 Å². The van der Waals surface area contributed by atoms with E-state index in [2.05, 4.69) is 4.98 Å². The third-order valence-electron chi connectivity index (χ3n) is 4.13. The van der Waals surface area contributed by atoms with E-state index < -0.39 is 5.97 Å². The van der Waals surface area contributed by atoms with Crippen molar-refractivity contribution in [2.75, 3.05) is 32.3 Å². The molecule has 1 aliphatic heterocycles. The van der Waals surface area contributed by atoms with Crippen LogP contribution >= 0.6 is 0 Å². The van der Waals surface area contributed by atoms with Crippen molar-refractivity contribution in [1.82, 2.24) is 4.98 Å². The number of amides is 1. The van der Waals surface area contributed by atoms with Crippen LogP contribution in [0, 0.1) is 0 Å². The Morgan fingerprint density at radius 1 is 1.27 bits per heavy atom. The molecule has 1 aliphatic rings. The third-order valence-corrected chi connectivity index (χ3v) is 4.13. The zero-order valence-corrected chi connectivity index (χ0v) is 14.7. The van der Waals surface area contributed by atoms with Crippen LogP contribution in [0.1, 0.15) is 27.1 Å². The third kappa shape index (κ3) is 3.83. The van der Waals surface area contributed by atoms with Gasteiger partial charge in [0.15, 0.2) is 0 Å². The summed E-state index contributed by atoms with van der Waals surface area (Å²) in [6.45, 7) is 1.18. The Bertz CT molecular complexity index is 802. The average molecular weight is 356 g/mol. The molecule has 3 rings (SSSR count). The van der Waals surface area contributed by atoms with Crippen LogP contribution in [0.2, 0.25) is 0 Å². The molecule has 0 aliphatic carbocycles. The number of hydrogen-bond acceptors (Lipinski definition) is 6. The molecule has 0 bridgehead atoms. The van der Waals surface area contributed by atoms with Crippen LogP contribution in [0.15, 0.2) is 42.6 Å². The summed E-state index contributed by atoms with van der Waals surface area (Å²) >= 11 is 0. The lowest BCUT2D eigenvalue weighted by atomic mass is 10.1. The van der Waals surface area contributed by atoms with E-state index in [1.165, 1.54) is 18.2 Å². The number of ether oxygens (including phenoxy) is 3. The van der Waals surface area contributed by atoms with E-state index in [-0.39, 0.29) is 12.0 Å². The van der Waals surface area contributed by atoms with Gasteiger partial charge in [0.25, 0.3) is 5.91 Å². The molecule has 0 saturated carbocycles. The fraction of sp³-hybridized carbons (Fsp3) is 0.316. The van der Waals surface area contributed by atoms with Crippen LogP contribution in [0.25, 0.3) is 0 Å². The van der Waals surface area contributed by atoms with Crippen molar-refractivity contribution >= 4 is 17.6 Å². The number of anilines is 1. The molecule has 1 unspecified atom stereocenters. The number of pyridine rings is 1. The zero-order chi connectivity index (χ0) is 18.5. The number of aromatic nitrogens is 1. The van der Waals surface area contributed by atoms with E-state index in [1.807, 2.05) is 0 Å². The van der Waals surface area contributed by atoms with E-state index in [4.69, 9.17) is 14.2 Å². The van der Waals surface area contributed by atoms with Gasteiger partial charge in [0.05, 0.1) is 31.6 Å². The lowest BCUT2D eigenvalue weighted by molar-refractivity contribution is 0.0601. The Balaban J connectivity index is 1.82. The second-order valence-corrected chi connectivity index (χ2v) is 5.86. The van der Waals surface area contributed by atoms with Crippen molar-refractivity contribution < 1.29 is 23.8 Å². The van der Waals surface area contributed by atoms with Crippen molar-refractivity contribution in [2.24, 2.45) is 0 Å². The molecule has 2 heterocycles. The zero-order valence-electron chi connectivity index (χ0n) is 14.7.